The average molecular weight is 348 g/mol. The summed E-state index contributed by atoms with van der Waals surface area (Å²) in [6, 6.07) is 7.56. The number of hydrogen-bond donors (Lipinski definition) is 0. The highest BCUT2D eigenvalue weighted by molar-refractivity contribution is 7.21. The smallest absolute Gasteiger partial charge is 0.374 e. The predicted octanol–water partition coefficient (Wildman–Crippen LogP) is 4.17. The molecule has 5 nitrogen and oxygen atoms in total. The quantitative estimate of drug-likeness (QED) is 0.648. The van der Waals surface area contributed by atoms with Crippen LogP contribution in [0.1, 0.15) is 32.7 Å². The summed E-state index contributed by atoms with van der Waals surface area (Å²) in [5.41, 5.74) is 0.298. The van der Waals surface area contributed by atoms with Crippen molar-refractivity contribution in [2.45, 2.75) is 13.5 Å². The summed E-state index contributed by atoms with van der Waals surface area (Å²) >= 11 is 1.11. The Labute approximate surface area is 140 Å². The van der Waals surface area contributed by atoms with E-state index in [1.807, 2.05) is 0 Å². The number of furan rings is 1. The predicted molar refractivity (Wildman–Crippen MR) is 85.6 cm³/mol. The summed E-state index contributed by atoms with van der Waals surface area (Å²) in [4.78, 5) is 24.3. The molecule has 0 fully saturated rings. The van der Waals surface area contributed by atoms with Crippen LogP contribution in [-0.4, -0.2) is 18.5 Å². The third-order valence-corrected chi connectivity index (χ3v) is 4.47. The lowest BCUT2D eigenvalue weighted by atomic mass is 10.1. The fourth-order valence-electron chi connectivity index (χ4n) is 2.27. The highest BCUT2D eigenvalue weighted by atomic mass is 32.1. The number of thiophene rings is 1. The van der Waals surface area contributed by atoms with E-state index in [1.165, 1.54) is 18.4 Å². The van der Waals surface area contributed by atoms with Crippen molar-refractivity contribution in [2.24, 2.45) is 0 Å². The summed E-state index contributed by atoms with van der Waals surface area (Å²) in [6.07, 6.45) is 1.35. The monoisotopic (exact) mass is 348 g/mol. The molecule has 0 aliphatic carbocycles. The van der Waals surface area contributed by atoms with Gasteiger partial charge in [0, 0.05) is 15.6 Å². The van der Waals surface area contributed by atoms with Crippen LogP contribution in [0.5, 0.6) is 0 Å². The number of carbonyl (C=O) groups is 2. The molecular weight excluding hydrogens is 335 g/mol. The van der Waals surface area contributed by atoms with E-state index in [0.29, 0.717) is 10.3 Å². The van der Waals surface area contributed by atoms with Gasteiger partial charge in [-0.15, -0.1) is 11.3 Å². The molecule has 0 saturated heterocycles. The summed E-state index contributed by atoms with van der Waals surface area (Å²) < 4.78 is 29.9. The minimum absolute atomic E-state index is 0.0349. The van der Waals surface area contributed by atoms with Gasteiger partial charge in [0.15, 0.2) is 0 Å². The standard InChI is InChI=1S/C17H13FO5S/c1-2-21-17(20)15-10(9-23-16(19)12-6-4-8-22-12)14-11(18)5-3-7-13(14)24-15/h3-8H,2,9H2,1H3. The van der Waals surface area contributed by atoms with Gasteiger partial charge >= 0.3 is 11.9 Å². The van der Waals surface area contributed by atoms with Crippen LogP contribution >= 0.6 is 11.3 Å². The summed E-state index contributed by atoms with van der Waals surface area (Å²) in [5.74, 6) is -1.70. The molecule has 0 amide bonds. The van der Waals surface area contributed by atoms with E-state index in [1.54, 1.807) is 25.1 Å². The Balaban J connectivity index is 1.96. The fourth-order valence-corrected chi connectivity index (χ4v) is 3.39. The molecule has 124 valence electrons. The van der Waals surface area contributed by atoms with Crippen molar-refractivity contribution in [2.75, 3.05) is 6.61 Å². The average Bonchev–Trinajstić information content (AvgIpc) is 3.21. The first-order valence-corrected chi connectivity index (χ1v) is 8.01. The van der Waals surface area contributed by atoms with Gasteiger partial charge < -0.3 is 13.9 Å². The maximum absolute atomic E-state index is 14.2. The normalized spacial score (nSPS) is 10.8. The maximum Gasteiger partial charge on any atom is 0.374 e. The number of fused-ring (bicyclic) bond motifs is 1. The second-order valence-electron chi connectivity index (χ2n) is 4.80. The van der Waals surface area contributed by atoms with E-state index in [0.717, 1.165) is 11.3 Å². The molecule has 7 heteroatoms. The van der Waals surface area contributed by atoms with Gasteiger partial charge in [-0.3, -0.25) is 0 Å². The topological polar surface area (TPSA) is 65.7 Å². The molecule has 3 rings (SSSR count). The molecule has 3 aromatic rings. The van der Waals surface area contributed by atoms with E-state index in [4.69, 9.17) is 13.9 Å². The van der Waals surface area contributed by atoms with Gasteiger partial charge in [0.2, 0.25) is 5.76 Å². The zero-order chi connectivity index (χ0) is 17.1. The first-order chi connectivity index (χ1) is 11.6. The van der Waals surface area contributed by atoms with E-state index in [2.05, 4.69) is 0 Å². The van der Waals surface area contributed by atoms with Gasteiger partial charge in [-0.1, -0.05) is 6.07 Å². The van der Waals surface area contributed by atoms with Gasteiger partial charge in [0.1, 0.15) is 17.3 Å². The molecule has 24 heavy (non-hydrogen) atoms. The van der Waals surface area contributed by atoms with Crippen molar-refractivity contribution < 1.29 is 27.9 Å². The molecule has 1 aromatic carbocycles. The molecule has 0 aliphatic rings. The number of benzene rings is 1. The Morgan fingerprint density at radius 3 is 2.71 bits per heavy atom. The molecular formula is C17H13FO5S. The van der Waals surface area contributed by atoms with Crippen LogP contribution in [0, 0.1) is 5.82 Å². The SMILES string of the molecule is CCOC(=O)c1sc2cccc(F)c2c1COC(=O)c1ccco1. The number of carbonyl (C=O) groups excluding carboxylic acids is 2. The fraction of sp³-hybridized carbons (Fsp3) is 0.176. The third-order valence-electron chi connectivity index (χ3n) is 3.29. The Bertz CT molecular complexity index is 882. The molecule has 0 radical (unpaired) electrons. The minimum atomic E-state index is -0.689. The largest absolute Gasteiger partial charge is 0.462 e. The molecule has 0 bridgehead atoms. The molecule has 0 saturated carbocycles. The van der Waals surface area contributed by atoms with Crippen LogP contribution in [0.4, 0.5) is 4.39 Å². The van der Waals surface area contributed by atoms with E-state index >= 15 is 0 Å². The molecule has 2 heterocycles. The lowest BCUT2D eigenvalue weighted by molar-refractivity contribution is 0.0424. The number of ether oxygens (including phenoxy) is 2. The maximum atomic E-state index is 14.2. The van der Waals surface area contributed by atoms with Crippen LogP contribution in [0.25, 0.3) is 10.1 Å². The lowest BCUT2D eigenvalue weighted by Gasteiger charge is -2.06. The van der Waals surface area contributed by atoms with E-state index in [9.17, 15) is 14.0 Å². The molecule has 0 aliphatic heterocycles. The lowest BCUT2D eigenvalue weighted by Crippen LogP contribution is -2.09. The third kappa shape index (κ3) is 3.03. The second-order valence-corrected chi connectivity index (χ2v) is 5.85. The second kappa shape index (κ2) is 6.84. The molecule has 0 unspecified atom stereocenters. The molecule has 0 N–H and O–H groups in total. The Morgan fingerprint density at radius 2 is 2.00 bits per heavy atom. The van der Waals surface area contributed by atoms with E-state index in [-0.39, 0.29) is 29.2 Å². The van der Waals surface area contributed by atoms with Crippen molar-refractivity contribution in [1.82, 2.24) is 0 Å². The van der Waals surface area contributed by atoms with Gasteiger partial charge in [0.25, 0.3) is 0 Å². The van der Waals surface area contributed by atoms with Crippen LogP contribution in [0.15, 0.2) is 41.0 Å². The van der Waals surface area contributed by atoms with Crippen molar-refractivity contribution in [3.8, 4) is 0 Å². The number of rotatable bonds is 5. The minimum Gasteiger partial charge on any atom is -0.462 e. The van der Waals surface area contributed by atoms with Crippen LogP contribution in [-0.2, 0) is 16.1 Å². The van der Waals surface area contributed by atoms with Crippen molar-refractivity contribution in [3.63, 3.8) is 0 Å². The zero-order valence-corrected chi connectivity index (χ0v) is 13.5. The summed E-state index contributed by atoms with van der Waals surface area (Å²) in [5, 5.41) is 0.262. The molecule has 0 spiro atoms. The van der Waals surface area contributed by atoms with Crippen molar-refractivity contribution in [1.29, 1.82) is 0 Å². The first-order valence-electron chi connectivity index (χ1n) is 7.19. The van der Waals surface area contributed by atoms with E-state index < -0.39 is 17.8 Å². The number of esters is 2. The van der Waals surface area contributed by atoms with Gasteiger partial charge in [-0.2, -0.15) is 0 Å². The van der Waals surface area contributed by atoms with Gasteiger partial charge in [-0.05, 0) is 31.2 Å². The first kappa shape index (κ1) is 16.2. The highest BCUT2D eigenvalue weighted by Crippen LogP contribution is 2.34. The molecule has 0 atom stereocenters. The number of hydrogen-bond acceptors (Lipinski definition) is 6. The summed E-state index contributed by atoms with van der Waals surface area (Å²) in [6.45, 7) is 1.62. The Hall–Kier alpha value is -2.67. The van der Waals surface area contributed by atoms with Crippen LogP contribution in [0.2, 0.25) is 0 Å². The number of halogens is 1. The zero-order valence-electron chi connectivity index (χ0n) is 12.7. The Kier molecular flexibility index (Phi) is 4.61. The highest BCUT2D eigenvalue weighted by Gasteiger charge is 2.23. The Morgan fingerprint density at radius 1 is 1.17 bits per heavy atom. The van der Waals surface area contributed by atoms with Gasteiger partial charge in [0.05, 0.1) is 12.9 Å². The summed E-state index contributed by atoms with van der Waals surface area (Å²) in [7, 11) is 0. The molecule has 2 aromatic heterocycles. The van der Waals surface area contributed by atoms with Gasteiger partial charge in [-0.25, -0.2) is 14.0 Å². The van der Waals surface area contributed by atoms with Crippen LogP contribution < -0.4 is 0 Å². The van der Waals surface area contributed by atoms with Crippen molar-refractivity contribution >= 4 is 33.4 Å². The van der Waals surface area contributed by atoms with Crippen LogP contribution in [0.3, 0.4) is 0 Å². The van der Waals surface area contributed by atoms with Crippen molar-refractivity contribution in [3.05, 3.63) is 58.6 Å².